The molecular formula is C26H36N4O5. The Kier molecular flexibility index (Phi) is 8.60. The van der Waals surface area contributed by atoms with Crippen LogP contribution in [0, 0.1) is 0 Å². The molecule has 0 aromatic heterocycles. The molecule has 2 amide bonds. The van der Waals surface area contributed by atoms with E-state index in [1.807, 2.05) is 28.0 Å². The molecule has 9 heteroatoms. The third-order valence-corrected chi connectivity index (χ3v) is 6.80. The molecule has 0 radical (unpaired) electrons. The van der Waals surface area contributed by atoms with Gasteiger partial charge in [-0.15, -0.1) is 0 Å². The molecule has 0 atom stereocenters. The van der Waals surface area contributed by atoms with Crippen LogP contribution in [-0.2, 0) is 25.7 Å². The highest BCUT2D eigenvalue weighted by molar-refractivity contribution is 6.05. The van der Waals surface area contributed by atoms with E-state index >= 15 is 0 Å². The number of carbonyl (C=O) groups excluding carboxylic acids is 3. The van der Waals surface area contributed by atoms with Gasteiger partial charge in [-0.1, -0.05) is 25.7 Å². The minimum Gasteiger partial charge on any atom is -0.494 e. The number of nitrogens with one attached hydrogen (secondary N) is 1. The van der Waals surface area contributed by atoms with Crippen molar-refractivity contribution in [2.45, 2.75) is 77.3 Å². The molecule has 1 saturated carbocycles. The van der Waals surface area contributed by atoms with E-state index in [2.05, 4.69) is 10.3 Å². The Bertz CT molecular complexity index is 957. The van der Waals surface area contributed by atoms with Crippen LogP contribution in [0.3, 0.4) is 0 Å². The number of rotatable bonds is 12. The van der Waals surface area contributed by atoms with Crippen molar-refractivity contribution in [2.24, 2.45) is 4.99 Å². The van der Waals surface area contributed by atoms with Gasteiger partial charge in [0.15, 0.2) is 0 Å². The van der Waals surface area contributed by atoms with Crippen molar-refractivity contribution >= 4 is 29.4 Å². The van der Waals surface area contributed by atoms with E-state index in [1.54, 1.807) is 0 Å². The topological polar surface area (TPSA) is 101 Å². The fourth-order valence-corrected chi connectivity index (χ4v) is 5.01. The zero-order valence-electron chi connectivity index (χ0n) is 20.6. The molecule has 1 aromatic carbocycles. The van der Waals surface area contributed by atoms with Crippen molar-refractivity contribution in [3.05, 3.63) is 23.8 Å². The highest BCUT2D eigenvalue weighted by Crippen LogP contribution is 2.30. The molecule has 2 heterocycles. The van der Waals surface area contributed by atoms with E-state index in [9.17, 15) is 14.4 Å². The van der Waals surface area contributed by atoms with Crippen LogP contribution >= 0.6 is 0 Å². The molecular weight excluding hydrogens is 448 g/mol. The lowest BCUT2D eigenvalue weighted by molar-refractivity contribution is -0.144. The van der Waals surface area contributed by atoms with Gasteiger partial charge in [0.1, 0.15) is 18.9 Å². The Morgan fingerprint density at radius 3 is 2.71 bits per heavy atom. The number of esters is 1. The summed E-state index contributed by atoms with van der Waals surface area (Å²) in [5.41, 5.74) is 1.93. The van der Waals surface area contributed by atoms with Crippen molar-refractivity contribution in [1.29, 1.82) is 0 Å². The number of guanidine groups is 1. The molecule has 1 saturated heterocycles. The first kappa shape index (κ1) is 25.0. The SMILES string of the molecule is CC(=O)OCCN(C(=O)CCCCCCOc1ccc2c(c1)CN1CC(=O)NC1=N2)C1CCCC1. The maximum absolute atomic E-state index is 12.8. The highest BCUT2D eigenvalue weighted by atomic mass is 16.5. The molecule has 0 bridgehead atoms. The lowest BCUT2D eigenvalue weighted by Gasteiger charge is -2.29. The van der Waals surface area contributed by atoms with Crippen LogP contribution in [0.5, 0.6) is 5.75 Å². The third-order valence-electron chi connectivity index (χ3n) is 6.80. The van der Waals surface area contributed by atoms with Gasteiger partial charge in [0, 0.05) is 31.5 Å². The van der Waals surface area contributed by atoms with E-state index in [0.29, 0.717) is 44.7 Å². The molecule has 2 fully saturated rings. The van der Waals surface area contributed by atoms with Gasteiger partial charge in [0.2, 0.25) is 17.8 Å². The Hall–Kier alpha value is -3.10. The van der Waals surface area contributed by atoms with Crippen LogP contribution in [-0.4, -0.2) is 65.9 Å². The molecule has 0 spiro atoms. The molecule has 9 nitrogen and oxygen atoms in total. The zero-order chi connectivity index (χ0) is 24.6. The highest BCUT2D eigenvalue weighted by Gasteiger charge is 2.29. The van der Waals surface area contributed by atoms with Crippen LogP contribution in [0.4, 0.5) is 5.69 Å². The zero-order valence-corrected chi connectivity index (χ0v) is 20.6. The van der Waals surface area contributed by atoms with Gasteiger partial charge in [-0.2, -0.15) is 0 Å². The van der Waals surface area contributed by atoms with E-state index in [1.165, 1.54) is 6.92 Å². The minimum atomic E-state index is -0.301. The fraction of sp³-hybridized carbons (Fsp3) is 0.615. The smallest absolute Gasteiger partial charge is 0.302 e. The van der Waals surface area contributed by atoms with Gasteiger partial charge in [0.05, 0.1) is 18.8 Å². The minimum absolute atomic E-state index is 0.0250. The largest absolute Gasteiger partial charge is 0.494 e. The van der Waals surface area contributed by atoms with Crippen molar-refractivity contribution < 1.29 is 23.9 Å². The van der Waals surface area contributed by atoms with E-state index in [0.717, 1.165) is 68.4 Å². The molecule has 1 aliphatic carbocycles. The Balaban J connectivity index is 1.13. The molecule has 1 aromatic rings. The number of nitrogens with zero attached hydrogens (tertiary/aromatic N) is 3. The second-order valence-electron chi connectivity index (χ2n) is 9.51. The average molecular weight is 485 g/mol. The van der Waals surface area contributed by atoms with Gasteiger partial charge in [-0.3, -0.25) is 19.7 Å². The van der Waals surface area contributed by atoms with Gasteiger partial charge in [-0.05, 0) is 43.9 Å². The third kappa shape index (κ3) is 6.96. The summed E-state index contributed by atoms with van der Waals surface area (Å²) in [5.74, 6) is 1.30. The number of unbranched alkanes of at least 4 members (excludes halogenated alkanes) is 3. The average Bonchev–Trinajstić information content (AvgIpc) is 3.48. The number of benzene rings is 1. The van der Waals surface area contributed by atoms with Crippen LogP contribution in [0.1, 0.15) is 70.3 Å². The molecule has 1 N–H and O–H groups in total. The number of hydrogen-bond acceptors (Lipinski definition) is 7. The lowest BCUT2D eigenvalue weighted by Crippen LogP contribution is -2.41. The number of fused-ring (bicyclic) bond motifs is 2. The molecule has 3 aliphatic rings. The van der Waals surface area contributed by atoms with E-state index < -0.39 is 0 Å². The standard InChI is InChI=1S/C26H36N4O5/c1-19(31)34-15-13-30(21-8-5-6-9-21)25(33)10-4-2-3-7-14-35-22-11-12-23-20(16-22)17-29-18-24(32)28-26(29)27-23/h11-12,16,21H,2-10,13-15,17-18H2,1H3,(H,27,28,32). The normalized spacial score (nSPS) is 16.9. The maximum Gasteiger partial charge on any atom is 0.302 e. The first-order valence-corrected chi connectivity index (χ1v) is 12.8. The summed E-state index contributed by atoms with van der Waals surface area (Å²) in [6.45, 7) is 3.79. The Labute approximate surface area is 206 Å². The summed E-state index contributed by atoms with van der Waals surface area (Å²) >= 11 is 0. The molecule has 2 aliphatic heterocycles. The van der Waals surface area contributed by atoms with Crippen LogP contribution in [0.2, 0.25) is 0 Å². The van der Waals surface area contributed by atoms with Crippen LogP contribution in [0.15, 0.2) is 23.2 Å². The summed E-state index contributed by atoms with van der Waals surface area (Å²) < 4.78 is 11.0. The Morgan fingerprint density at radius 1 is 1.11 bits per heavy atom. The lowest BCUT2D eigenvalue weighted by atomic mass is 10.1. The maximum atomic E-state index is 12.8. The monoisotopic (exact) mass is 484 g/mol. The molecule has 4 rings (SSSR count). The van der Waals surface area contributed by atoms with Gasteiger partial charge < -0.3 is 19.3 Å². The number of amides is 2. The molecule has 190 valence electrons. The number of aliphatic imine (C=N–C) groups is 1. The van der Waals surface area contributed by atoms with Gasteiger partial charge in [0.25, 0.3) is 0 Å². The molecule has 35 heavy (non-hydrogen) atoms. The van der Waals surface area contributed by atoms with Crippen molar-refractivity contribution in [3.8, 4) is 5.75 Å². The number of hydrogen-bond donors (Lipinski definition) is 1. The van der Waals surface area contributed by atoms with Crippen LogP contribution < -0.4 is 10.1 Å². The van der Waals surface area contributed by atoms with Gasteiger partial charge >= 0.3 is 5.97 Å². The summed E-state index contributed by atoms with van der Waals surface area (Å²) in [4.78, 5) is 43.8. The first-order valence-electron chi connectivity index (χ1n) is 12.8. The second-order valence-corrected chi connectivity index (χ2v) is 9.51. The summed E-state index contributed by atoms with van der Waals surface area (Å²) in [6, 6.07) is 6.15. The summed E-state index contributed by atoms with van der Waals surface area (Å²) in [5, 5.41) is 2.77. The summed E-state index contributed by atoms with van der Waals surface area (Å²) in [6.07, 6.45) is 8.73. The predicted molar refractivity (Wildman–Crippen MR) is 131 cm³/mol. The fourth-order valence-electron chi connectivity index (χ4n) is 5.01. The first-order chi connectivity index (χ1) is 17.0. The van der Waals surface area contributed by atoms with E-state index in [-0.39, 0.29) is 24.4 Å². The van der Waals surface area contributed by atoms with Gasteiger partial charge in [-0.25, -0.2) is 4.99 Å². The van der Waals surface area contributed by atoms with E-state index in [4.69, 9.17) is 9.47 Å². The number of carbonyl (C=O) groups is 3. The molecule has 0 unspecified atom stereocenters. The van der Waals surface area contributed by atoms with Crippen molar-refractivity contribution in [1.82, 2.24) is 15.1 Å². The number of ether oxygens (including phenoxy) is 2. The quantitative estimate of drug-likeness (QED) is 0.361. The van der Waals surface area contributed by atoms with Crippen molar-refractivity contribution in [2.75, 3.05) is 26.3 Å². The summed E-state index contributed by atoms with van der Waals surface area (Å²) in [7, 11) is 0. The Morgan fingerprint density at radius 2 is 1.91 bits per heavy atom. The van der Waals surface area contributed by atoms with Crippen molar-refractivity contribution in [3.63, 3.8) is 0 Å². The predicted octanol–water partition coefficient (Wildman–Crippen LogP) is 3.28. The second kappa shape index (κ2) is 12.0. The van der Waals surface area contributed by atoms with Crippen LogP contribution in [0.25, 0.3) is 0 Å².